The van der Waals surface area contributed by atoms with Gasteiger partial charge >= 0.3 is 0 Å². The number of methoxy groups -OCH3 is 2. The molecule has 1 heterocycles. The lowest BCUT2D eigenvalue weighted by atomic mass is 10.3. The normalized spacial score (nSPS) is 10.1. The Morgan fingerprint density at radius 1 is 1.00 bits per heavy atom. The second kappa shape index (κ2) is 6.29. The van der Waals surface area contributed by atoms with Gasteiger partial charge < -0.3 is 14.2 Å². The first-order chi connectivity index (χ1) is 9.21. The van der Waals surface area contributed by atoms with Crippen LogP contribution in [0.2, 0.25) is 5.02 Å². The minimum atomic E-state index is 0.330. The van der Waals surface area contributed by atoms with Gasteiger partial charge in [-0.15, -0.1) is 0 Å². The van der Waals surface area contributed by atoms with Crippen molar-refractivity contribution in [2.45, 2.75) is 6.61 Å². The highest BCUT2D eigenvalue weighted by Crippen LogP contribution is 2.27. The number of pyridine rings is 1. The number of nitrogens with zero attached hydrogens (tertiary/aromatic N) is 1. The lowest BCUT2D eigenvalue weighted by Gasteiger charge is -2.10. The van der Waals surface area contributed by atoms with E-state index in [1.165, 1.54) is 0 Å². The second-order valence-electron chi connectivity index (χ2n) is 3.80. The minimum absolute atomic E-state index is 0.330. The summed E-state index contributed by atoms with van der Waals surface area (Å²) >= 11 is 5.89. The van der Waals surface area contributed by atoms with Gasteiger partial charge in [0.2, 0.25) is 0 Å². The van der Waals surface area contributed by atoms with Gasteiger partial charge in [0.15, 0.2) is 0 Å². The minimum Gasteiger partial charge on any atom is -0.496 e. The Kier molecular flexibility index (Phi) is 4.47. The van der Waals surface area contributed by atoms with Crippen molar-refractivity contribution < 1.29 is 14.2 Å². The Balaban J connectivity index is 2.10. The standard InChI is InChI=1S/C14H14ClNO3/c1-17-12-6-13(18-2)8-14(7-12)19-9-11-5-10(15)3-4-16-11/h3-8H,9H2,1-2H3. The summed E-state index contributed by atoms with van der Waals surface area (Å²) < 4.78 is 16.0. The number of benzene rings is 1. The average molecular weight is 280 g/mol. The maximum Gasteiger partial charge on any atom is 0.130 e. The van der Waals surface area contributed by atoms with Crippen LogP contribution >= 0.6 is 11.6 Å². The number of aromatic nitrogens is 1. The molecule has 0 bridgehead atoms. The Morgan fingerprint density at radius 2 is 1.63 bits per heavy atom. The van der Waals surface area contributed by atoms with E-state index in [1.54, 1.807) is 50.7 Å². The molecule has 100 valence electrons. The smallest absolute Gasteiger partial charge is 0.130 e. The van der Waals surface area contributed by atoms with Crippen molar-refractivity contribution in [1.82, 2.24) is 4.98 Å². The largest absolute Gasteiger partial charge is 0.496 e. The van der Waals surface area contributed by atoms with E-state index < -0.39 is 0 Å². The van der Waals surface area contributed by atoms with Crippen molar-refractivity contribution in [1.29, 1.82) is 0 Å². The Morgan fingerprint density at radius 3 is 2.21 bits per heavy atom. The summed E-state index contributed by atoms with van der Waals surface area (Å²) in [5, 5.41) is 0.636. The predicted octanol–water partition coefficient (Wildman–Crippen LogP) is 3.33. The molecule has 0 spiro atoms. The van der Waals surface area contributed by atoms with E-state index in [0.29, 0.717) is 28.9 Å². The molecule has 0 aliphatic heterocycles. The van der Waals surface area contributed by atoms with Crippen molar-refractivity contribution in [3.05, 3.63) is 47.2 Å². The predicted molar refractivity (Wildman–Crippen MR) is 73.1 cm³/mol. The molecule has 5 heteroatoms. The molecule has 19 heavy (non-hydrogen) atoms. The van der Waals surface area contributed by atoms with Crippen LogP contribution in [0.4, 0.5) is 0 Å². The Bertz CT molecular complexity index is 538. The van der Waals surface area contributed by atoms with Crippen molar-refractivity contribution >= 4 is 11.6 Å². The van der Waals surface area contributed by atoms with E-state index in [2.05, 4.69) is 4.98 Å². The Hall–Kier alpha value is -1.94. The summed E-state index contributed by atoms with van der Waals surface area (Å²) in [6.45, 7) is 0.330. The van der Waals surface area contributed by atoms with Crippen molar-refractivity contribution in [3.63, 3.8) is 0 Å². The van der Waals surface area contributed by atoms with Crippen molar-refractivity contribution in [2.24, 2.45) is 0 Å². The highest BCUT2D eigenvalue weighted by atomic mass is 35.5. The van der Waals surface area contributed by atoms with Gasteiger partial charge in [-0.1, -0.05) is 11.6 Å². The zero-order valence-corrected chi connectivity index (χ0v) is 11.5. The van der Waals surface area contributed by atoms with E-state index in [-0.39, 0.29) is 0 Å². The number of hydrogen-bond donors (Lipinski definition) is 0. The van der Waals surface area contributed by atoms with Gasteiger partial charge in [0.05, 0.1) is 19.9 Å². The molecule has 0 atom stereocenters. The lowest BCUT2D eigenvalue weighted by Crippen LogP contribution is -1.98. The zero-order valence-electron chi connectivity index (χ0n) is 10.7. The van der Waals surface area contributed by atoms with Crippen LogP contribution in [-0.4, -0.2) is 19.2 Å². The van der Waals surface area contributed by atoms with Crippen molar-refractivity contribution in [3.8, 4) is 17.2 Å². The van der Waals surface area contributed by atoms with E-state index in [1.807, 2.05) is 0 Å². The first-order valence-corrected chi connectivity index (χ1v) is 6.05. The van der Waals surface area contributed by atoms with Gasteiger partial charge in [-0.2, -0.15) is 0 Å². The number of halogens is 1. The number of ether oxygens (including phenoxy) is 3. The van der Waals surface area contributed by atoms with Gasteiger partial charge in [0, 0.05) is 29.4 Å². The SMILES string of the molecule is COc1cc(OC)cc(OCc2cc(Cl)ccn2)c1. The van der Waals surface area contributed by atoms with Gasteiger partial charge in [-0.25, -0.2) is 0 Å². The summed E-state index contributed by atoms with van der Waals surface area (Å²) in [4.78, 5) is 4.17. The van der Waals surface area contributed by atoms with E-state index >= 15 is 0 Å². The van der Waals surface area contributed by atoms with Crippen LogP contribution in [0, 0.1) is 0 Å². The number of hydrogen-bond acceptors (Lipinski definition) is 4. The molecule has 0 amide bonds. The molecule has 0 unspecified atom stereocenters. The topological polar surface area (TPSA) is 40.6 Å². The Labute approximate surface area is 116 Å². The highest BCUT2D eigenvalue weighted by molar-refractivity contribution is 6.30. The molecule has 1 aromatic carbocycles. The molecule has 0 N–H and O–H groups in total. The summed E-state index contributed by atoms with van der Waals surface area (Å²) in [6.07, 6.45) is 1.65. The van der Waals surface area contributed by atoms with E-state index in [4.69, 9.17) is 25.8 Å². The second-order valence-corrected chi connectivity index (χ2v) is 4.24. The van der Waals surface area contributed by atoms with Crippen LogP contribution in [0.25, 0.3) is 0 Å². The zero-order chi connectivity index (χ0) is 13.7. The van der Waals surface area contributed by atoms with Crippen molar-refractivity contribution in [2.75, 3.05) is 14.2 Å². The van der Waals surface area contributed by atoms with Crippen LogP contribution in [0.5, 0.6) is 17.2 Å². The highest BCUT2D eigenvalue weighted by Gasteiger charge is 2.04. The average Bonchev–Trinajstić information content (AvgIpc) is 2.44. The fourth-order valence-corrected chi connectivity index (χ4v) is 1.73. The van der Waals surface area contributed by atoms with Gasteiger partial charge in [0.1, 0.15) is 23.9 Å². The third-order valence-electron chi connectivity index (χ3n) is 2.49. The molecule has 1 aromatic heterocycles. The maximum absolute atomic E-state index is 5.89. The van der Waals surface area contributed by atoms with Gasteiger partial charge in [0.25, 0.3) is 0 Å². The molecule has 0 saturated carbocycles. The third kappa shape index (κ3) is 3.76. The quantitative estimate of drug-likeness (QED) is 0.842. The van der Waals surface area contributed by atoms with Crippen LogP contribution < -0.4 is 14.2 Å². The van der Waals surface area contributed by atoms with E-state index in [0.717, 1.165) is 5.69 Å². The molecule has 2 rings (SSSR count). The maximum atomic E-state index is 5.89. The molecule has 0 aliphatic rings. The molecule has 4 nitrogen and oxygen atoms in total. The molecular weight excluding hydrogens is 266 g/mol. The summed E-state index contributed by atoms with van der Waals surface area (Å²) in [6, 6.07) is 8.84. The molecule has 0 saturated heterocycles. The summed E-state index contributed by atoms with van der Waals surface area (Å²) in [5.74, 6) is 2.00. The first kappa shape index (κ1) is 13.5. The third-order valence-corrected chi connectivity index (χ3v) is 2.73. The van der Waals surface area contributed by atoms with Gasteiger partial charge in [-0.05, 0) is 12.1 Å². The lowest BCUT2D eigenvalue weighted by molar-refractivity contribution is 0.296. The fraction of sp³-hybridized carbons (Fsp3) is 0.214. The molecule has 0 fully saturated rings. The number of rotatable bonds is 5. The van der Waals surface area contributed by atoms with Crippen LogP contribution in [0.1, 0.15) is 5.69 Å². The van der Waals surface area contributed by atoms with Gasteiger partial charge in [-0.3, -0.25) is 4.98 Å². The molecule has 0 aliphatic carbocycles. The molecular formula is C14H14ClNO3. The fourth-order valence-electron chi connectivity index (χ4n) is 1.55. The van der Waals surface area contributed by atoms with Crippen LogP contribution in [0.3, 0.4) is 0 Å². The van der Waals surface area contributed by atoms with Crippen LogP contribution in [-0.2, 0) is 6.61 Å². The van der Waals surface area contributed by atoms with E-state index in [9.17, 15) is 0 Å². The molecule has 0 radical (unpaired) electrons. The summed E-state index contributed by atoms with van der Waals surface area (Å²) in [5.41, 5.74) is 0.759. The summed E-state index contributed by atoms with van der Waals surface area (Å²) in [7, 11) is 3.19. The first-order valence-electron chi connectivity index (χ1n) is 5.67. The molecule has 2 aromatic rings. The monoisotopic (exact) mass is 279 g/mol. The van der Waals surface area contributed by atoms with Crippen LogP contribution in [0.15, 0.2) is 36.5 Å².